The van der Waals surface area contributed by atoms with Crippen LogP contribution in [0.2, 0.25) is 0 Å². The summed E-state index contributed by atoms with van der Waals surface area (Å²) in [6.45, 7) is 1.85. The predicted molar refractivity (Wildman–Crippen MR) is 132 cm³/mol. The van der Waals surface area contributed by atoms with Crippen molar-refractivity contribution in [2.45, 2.75) is 26.2 Å². The molecule has 0 radical (unpaired) electrons. The Morgan fingerprint density at radius 1 is 1.06 bits per heavy atom. The number of carbonyl (C=O) groups excluding carboxylic acids is 2. The lowest BCUT2D eigenvalue weighted by molar-refractivity contribution is 0.0952. The van der Waals surface area contributed by atoms with E-state index in [0.717, 1.165) is 39.0 Å². The van der Waals surface area contributed by atoms with Gasteiger partial charge in [0.25, 0.3) is 11.8 Å². The monoisotopic (exact) mass is 591 g/mol. The molecule has 0 aliphatic heterocycles. The summed E-state index contributed by atoms with van der Waals surface area (Å²) in [5, 5.41) is 7.25. The van der Waals surface area contributed by atoms with Crippen LogP contribution in [0.1, 0.15) is 50.6 Å². The summed E-state index contributed by atoms with van der Waals surface area (Å²) in [4.78, 5) is 25.3. The highest BCUT2D eigenvalue weighted by molar-refractivity contribution is 14.1. The second-order valence-electron chi connectivity index (χ2n) is 7.15. The van der Waals surface area contributed by atoms with Gasteiger partial charge in [-0.2, -0.15) is 5.10 Å². The number of anilines is 1. The average molecular weight is 592 g/mol. The van der Waals surface area contributed by atoms with Gasteiger partial charge in [0.2, 0.25) is 0 Å². The van der Waals surface area contributed by atoms with E-state index in [9.17, 15) is 9.59 Å². The minimum absolute atomic E-state index is 0.273. The standard InChI is InChI=1S/C23H19BrIN3O3/c1-13-20-18(27-28-22(29)16-5-2-3-6-17(16)24)7-4-8-19(20)31-21(13)23(30)26-15-11-9-14(25)10-12-15/h2-3,5-6,9-12H,4,7-8H2,1H3,(H,26,30)(H,28,29)/b27-18+. The summed E-state index contributed by atoms with van der Waals surface area (Å²) in [5.74, 6) is 0.398. The van der Waals surface area contributed by atoms with Crippen molar-refractivity contribution in [2.75, 3.05) is 5.32 Å². The summed E-state index contributed by atoms with van der Waals surface area (Å²) in [5.41, 5.74) is 6.10. The highest BCUT2D eigenvalue weighted by Crippen LogP contribution is 2.30. The molecule has 2 N–H and O–H groups in total. The number of hydrazone groups is 1. The molecule has 1 heterocycles. The van der Waals surface area contributed by atoms with E-state index < -0.39 is 0 Å². The quantitative estimate of drug-likeness (QED) is 0.302. The molecule has 0 atom stereocenters. The Kier molecular flexibility index (Phi) is 6.57. The fraction of sp³-hybridized carbons (Fsp3) is 0.174. The van der Waals surface area contributed by atoms with Gasteiger partial charge in [-0.1, -0.05) is 12.1 Å². The van der Waals surface area contributed by atoms with Crippen LogP contribution in [0, 0.1) is 10.5 Å². The molecule has 4 rings (SSSR count). The number of aryl methyl sites for hydroxylation is 1. The molecular formula is C23H19BrIN3O3. The summed E-state index contributed by atoms with van der Waals surface area (Å²) < 4.78 is 7.71. The number of halogens is 2. The van der Waals surface area contributed by atoms with Crippen molar-refractivity contribution in [3.63, 3.8) is 0 Å². The molecule has 1 aliphatic rings. The van der Waals surface area contributed by atoms with Gasteiger partial charge < -0.3 is 9.73 Å². The second-order valence-corrected chi connectivity index (χ2v) is 9.25. The maximum absolute atomic E-state index is 12.8. The van der Waals surface area contributed by atoms with E-state index in [2.05, 4.69) is 54.4 Å². The Balaban J connectivity index is 1.57. The zero-order chi connectivity index (χ0) is 22.0. The van der Waals surface area contributed by atoms with E-state index in [0.29, 0.717) is 22.1 Å². The normalized spacial score (nSPS) is 14.2. The molecule has 8 heteroatoms. The molecule has 31 heavy (non-hydrogen) atoms. The number of hydrogen-bond donors (Lipinski definition) is 2. The van der Waals surface area contributed by atoms with Gasteiger partial charge in [-0.3, -0.25) is 9.59 Å². The number of benzene rings is 2. The maximum Gasteiger partial charge on any atom is 0.291 e. The van der Waals surface area contributed by atoms with E-state index in [1.807, 2.05) is 37.3 Å². The van der Waals surface area contributed by atoms with Crippen molar-refractivity contribution >= 4 is 61.7 Å². The Morgan fingerprint density at radius 2 is 1.81 bits per heavy atom. The third kappa shape index (κ3) is 4.74. The lowest BCUT2D eigenvalue weighted by atomic mass is 9.93. The Bertz CT molecular complexity index is 1190. The molecule has 0 spiro atoms. The van der Waals surface area contributed by atoms with E-state index >= 15 is 0 Å². The zero-order valence-electron chi connectivity index (χ0n) is 16.7. The number of fused-ring (bicyclic) bond motifs is 1. The number of nitrogens with one attached hydrogen (secondary N) is 2. The molecule has 0 bridgehead atoms. The lowest BCUT2D eigenvalue weighted by Crippen LogP contribution is -2.22. The highest BCUT2D eigenvalue weighted by atomic mass is 127. The molecule has 6 nitrogen and oxygen atoms in total. The SMILES string of the molecule is Cc1c(C(=O)Nc2ccc(I)cc2)oc2c1/C(=N/NC(=O)c1ccccc1Br)CCC2. The van der Waals surface area contributed by atoms with Crippen LogP contribution in [0.3, 0.4) is 0 Å². The minimum atomic E-state index is -0.301. The van der Waals surface area contributed by atoms with Gasteiger partial charge in [0.15, 0.2) is 5.76 Å². The Morgan fingerprint density at radius 3 is 2.55 bits per heavy atom. The van der Waals surface area contributed by atoms with Crippen LogP contribution in [-0.2, 0) is 6.42 Å². The first kappa shape index (κ1) is 21.8. The smallest absolute Gasteiger partial charge is 0.291 e. The van der Waals surface area contributed by atoms with Crippen LogP contribution in [0.15, 0.2) is 62.5 Å². The molecule has 0 unspecified atom stereocenters. The van der Waals surface area contributed by atoms with Crippen molar-refractivity contribution in [2.24, 2.45) is 5.10 Å². The fourth-order valence-electron chi connectivity index (χ4n) is 3.54. The number of hydrogen-bond acceptors (Lipinski definition) is 4. The van der Waals surface area contributed by atoms with E-state index in [4.69, 9.17) is 4.42 Å². The van der Waals surface area contributed by atoms with Gasteiger partial charge in [-0.25, -0.2) is 5.43 Å². The predicted octanol–water partition coefficient (Wildman–Crippen LogP) is 5.68. The van der Waals surface area contributed by atoms with E-state index in [1.165, 1.54) is 0 Å². The van der Waals surface area contributed by atoms with Gasteiger partial charge in [0.05, 0.1) is 11.3 Å². The molecule has 1 aromatic heterocycles. The summed E-state index contributed by atoms with van der Waals surface area (Å²) in [7, 11) is 0. The number of furan rings is 1. The van der Waals surface area contributed by atoms with Gasteiger partial charge in [-0.05, 0) is 94.7 Å². The van der Waals surface area contributed by atoms with Crippen molar-refractivity contribution in [3.05, 3.63) is 84.8 Å². The topological polar surface area (TPSA) is 83.7 Å². The Hall–Kier alpha value is -2.46. The third-order valence-electron chi connectivity index (χ3n) is 5.04. The van der Waals surface area contributed by atoms with Crippen LogP contribution >= 0.6 is 38.5 Å². The van der Waals surface area contributed by atoms with Crippen molar-refractivity contribution in [3.8, 4) is 0 Å². The van der Waals surface area contributed by atoms with Crippen LogP contribution in [0.4, 0.5) is 5.69 Å². The molecule has 158 valence electrons. The van der Waals surface area contributed by atoms with Crippen LogP contribution in [-0.4, -0.2) is 17.5 Å². The van der Waals surface area contributed by atoms with Crippen molar-refractivity contribution < 1.29 is 14.0 Å². The second kappa shape index (κ2) is 9.35. The first-order chi connectivity index (χ1) is 14.9. The molecule has 0 saturated heterocycles. The van der Waals surface area contributed by atoms with Gasteiger partial charge >= 0.3 is 0 Å². The van der Waals surface area contributed by atoms with E-state index in [-0.39, 0.29) is 17.6 Å². The summed E-state index contributed by atoms with van der Waals surface area (Å²) in [6, 6.07) is 14.7. The zero-order valence-corrected chi connectivity index (χ0v) is 20.4. The van der Waals surface area contributed by atoms with Gasteiger partial charge in [-0.15, -0.1) is 0 Å². The highest BCUT2D eigenvalue weighted by Gasteiger charge is 2.28. The Labute approximate surface area is 201 Å². The van der Waals surface area contributed by atoms with Crippen molar-refractivity contribution in [1.82, 2.24) is 5.43 Å². The number of amides is 2. The lowest BCUT2D eigenvalue weighted by Gasteiger charge is -2.13. The fourth-order valence-corrected chi connectivity index (χ4v) is 4.37. The number of rotatable bonds is 4. The molecule has 2 aromatic carbocycles. The van der Waals surface area contributed by atoms with Crippen LogP contribution < -0.4 is 10.7 Å². The minimum Gasteiger partial charge on any atom is -0.455 e. The largest absolute Gasteiger partial charge is 0.455 e. The summed E-state index contributed by atoms with van der Waals surface area (Å²) in [6.07, 6.45) is 2.26. The first-order valence-corrected chi connectivity index (χ1v) is 11.6. The van der Waals surface area contributed by atoms with E-state index in [1.54, 1.807) is 18.2 Å². The maximum atomic E-state index is 12.8. The van der Waals surface area contributed by atoms with Crippen LogP contribution in [0.5, 0.6) is 0 Å². The molecule has 0 fully saturated rings. The van der Waals surface area contributed by atoms with Crippen molar-refractivity contribution in [1.29, 1.82) is 0 Å². The summed E-state index contributed by atoms with van der Waals surface area (Å²) >= 11 is 5.60. The molecule has 3 aromatic rings. The first-order valence-electron chi connectivity index (χ1n) is 9.75. The molecule has 2 amide bonds. The third-order valence-corrected chi connectivity index (χ3v) is 6.46. The molecule has 0 saturated carbocycles. The molecular weight excluding hydrogens is 573 g/mol. The van der Waals surface area contributed by atoms with Gasteiger partial charge in [0, 0.05) is 31.3 Å². The number of nitrogens with zero attached hydrogens (tertiary/aromatic N) is 1. The number of carbonyl (C=O) groups is 2. The average Bonchev–Trinajstić information content (AvgIpc) is 3.11. The van der Waals surface area contributed by atoms with Gasteiger partial charge in [0.1, 0.15) is 5.76 Å². The van der Waals surface area contributed by atoms with Crippen LogP contribution in [0.25, 0.3) is 0 Å². The molecule has 1 aliphatic carbocycles.